The zero-order chi connectivity index (χ0) is 16.7. The Bertz CT molecular complexity index is 670. The predicted molar refractivity (Wildman–Crippen MR) is 93.4 cm³/mol. The fourth-order valence-electron chi connectivity index (χ4n) is 2.06. The van der Waals surface area contributed by atoms with Crippen LogP contribution in [0.5, 0.6) is 11.5 Å². The second-order valence-corrected chi connectivity index (χ2v) is 5.76. The number of hydrogen-bond donors (Lipinski definition) is 2. The van der Waals surface area contributed by atoms with Crippen molar-refractivity contribution in [2.45, 2.75) is 20.0 Å². The first-order valence-electron chi connectivity index (χ1n) is 7.22. The second kappa shape index (κ2) is 8.38. The van der Waals surface area contributed by atoms with Crippen molar-refractivity contribution in [1.82, 2.24) is 15.6 Å². The minimum atomic E-state index is 0.606. The first kappa shape index (κ1) is 17.1. The third-order valence-corrected chi connectivity index (χ3v) is 4.36. The number of rotatable bonds is 6. The quantitative estimate of drug-likeness (QED) is 0.627. The van der Waals surface area contributed by atoms with Crippen LogP contribution in [0, 0.1) is 6.92 Å². The Balaban J connectivity index is 1.94. The van der Waals surface area contributed by atoms with E-state index in [2.05, 4.69) is 20.6 Å². The lowest BCUT2D eigenvalue weighted by Gasteiger charge is -2.14. The minimum absolute atomic E-state index is 0.606. The Morgan fingerprint density at radius 2 is 2.00 bits per heavy atom. The Morgan fingerprint density at radius 3 is 2.61 bits per heavy atom. The zero-order valence-corrected chi connectivity index (χ0v) is 14.7. The van der Waals surface area contributed by atoms with Crippen molar-refractivity contribution in [2.24, 2.45) is 4.99 Å². The van der Waals surface area contributed by atoms with Crippen molar-refractivity contribution in [3.63, 3.8) is 0 Å². The zero-order valence-electron chi connectivity index (χ0n) is 13.8. The molecule has 0 saturated heterocycles. The van der Waals surface area contributed by atoms with Crippen LogP contribution in [-0.4, -0.2) is 32.2 Å². The lowest BCUT2D eigenvalue weighted by molar-refractivity contribution is 0.390. The molecule has 0 unspecified atom stereocenters. The largest absolute Gasteiger partial charge is 0.497 e. The summed E-state index contributed by atoms with van der Waals surface area (Å²) >= 11 is 1.64. The van der Waals surface area contributed by atoms with Crippen molar-refractivity contribution in [1.29, 1.82) is 0 Å². The van der Waals surface area contributed by atoms with Crippen LogP contribution in [0.3, 0.4) is 0 Å². The van der Waals surface area contributed by atoms with Gasteiger partial charge < -0.3 is 20.1 Å². The maximum atomic E-state index is 5.40. The van der Waals surface area contributed by atoms with Crippen molar-refractivity contribution < 1.29 is 9.47 Å². The van der Waals surface area contributed by atoms with E-state index in [0.29, 0.717) is 13.1 Å². The maximum absolute atomic E-state index is 5.40. The van der Waals surface area contributed by atoms with E-state index in [1.807, 2.05) is 30.6 Å². The van der Waals surface area contributed by atoms with Gasteiger partial charge in [0.2, 0.25) is 0 Å². The van der Waals surface area contributed by atoms with Gasteiger partial charge in [0.15, 0.2) is 5.96 Å². The molecule has 0 saturated carbocycles. The number of benzene rings is 1. The summed E-state index contributed by atoms with van der Waals surface area (Å²) in [6.45, 7) is 3.32. The first-order chi connectivity index (χ1) is 11.2. The summed E-state index contributed by atoms with van der Waals surface area (Å²) in [4.78, 5) is 9.68. The van der Waals surface area contributed by atoms with E-state index in [1.165, 1.54) is 4.88 Å². The second-order valence-electron chi connectivity index (χ2n) is 4.82. The van der Waals surface area contributed by atoms with Crippen LogP contribution >= 0.6 is 11.3 Å². The van der Waals surface area contributed by atoms with Crippen LogP contribution in [0.2, 0.25) is 0 Å². The normalized spacial score (nSPS) is 11.2. The van der Waals surface area contributed by atoms with Crippen LogP contribution in [0.1, 0.15) is 16.1 Å². The van der Waals surface area contributed by atoms with Gasteiger partial charge in [0.1, 0.15) is 11.5 Å². The third kappa shape index (κ3) is 4.59. The highest BCUT2D eigenvalue weighted by molar-refractivity contribution is 7.09. The number of thiazole rings is 1. The molecule has 124 valence electrons. The van der Waals surface area contributed by atoms with Gasteiger partial charge in [-0.15, -0.1) is 11.3 Å². The number of ether oxygens (including phenoxy) is 2. The van der Waals surface area contributed by atoms with Gasteiger partial charge in [0.05, 0.1) is 32.0 Å². The van der Waals surface area contributed by atoms with Gasteiger partial charge in [-0.3, -0.25) is 4.99 Å². The number of nitrogens with zero attached hydrogens (tertiary/aromatic N) is 2. The average molecular weight is 334 g/mol. The van der Waals surface area contributed by atoms with Crippen molar-refractivity contribution >= 4 is 17.3 Å². The summed E-state index contributed by atoms with van der Waals surface area (Å²) in [5, 5.41) is 6.57. The average Bonchev–Trinajstić information content (AvgIpc) is 3.00. The Labute approximate surface area is 140 Å². The molecule has 7 heteroatoms. The van der Waals surface area contributed by atoms with E-state index in [1.54, 1.807) is 32.6 Å². The van der Waals surface area contributed by atoms with Crippen LogP contribution in [0.15, 0.2) is 28.7 Å². The van der Waals surface area contributed by atoms with Crippen molar-refractivity contribution in [3.05, 3.63) is 39.8 Å². The molecule has 2 rings (SSSR count). The van der Waals surface area contributed by atoms with Crippen molar-refractivity contribution in [3.8, 4) is 11.5 Å². The van der Waals surface area contributed by atoms with Gasteiger partial charge in [-0.2, -0.15) is 0 Å². The third-order valence-electron chi connectivity index (χ3n) is 3.43. The molecule has 0 aliphatic heterocycles. The van der Waals surface area contributed by atoms with E-state index in [9.17, 15) is 0 Å². The number of aromatic nitrogens is 1. The van der Waals surface area contributed by atoms with Crippen LogP contribution in [-0.2, 0) is 13.1 Å². The summed E-state index contributed by atoms with van der Waals surface area (Å²) < 4.78 is 10.6. The molecule has 0 aliphatic carbocycles. The summed E-state index contributed by atoms with van der Waals surface area (Å²) in [6.07, 6.45) is 0. The molecule has 0 spiro atoms. The number of methoxy groups -OCH3 is 2. The van der Waals surface area contributed by atoms with E-state index >= 15 is 0 Å². The predicted octanol–water partition coefficient (Wildman–Crippen LogP) is 2.33. The summed E-state index contributed by atoms with van der Waals surface area (Å²) in [6, 6.07) is 5.76. The lowest BCUT2D eigenvalue weighted by Crippen LogP contribution is -2.36. The molecule has 0 atom stereocenters. The topological polar surface area (TPSA) is 67.8 Å². The molecule has 2 N–H and O–H groups in total. The summed E-state index contributed by atoms with van der Waals surface area (Å²) in [5.41, 5.74) is 3.94. The molecule has 0 radical (unpaired) electrons. The lowest BCUT2D eigenvalue weighted by atomic mass is 10.2. The number of guanidine groups is 1. The molecule has 1 heterocycles. The molecule has 23 heavy (non-hydrogen) atoms. The number of hydrogen-bond acceptors (Lipinski definition) is 5. The summed E-state index contributed by atoms with van der Waals surface area (Å²) in [7, 11) is 5.04. The van der Waals surface area contributed by atoms with Gasteiger partial charge in [0, 0.05) is 30.1 Å². The van der Waals surface area contributed by atoms with Gasteiger partial charge >= 0.3 is 0 Å². The Morgan fingerprint density at radius 1 is 1.22 bits per heavy atom. The molecule has 0 aliphatic rings. The fraction of sp³-hybridized carbons (Fsp3) is 0.375. The molecule has 6 nitrogen and oxygen atoms in total. The highest BCUT2D eigenvalue weighted by atomic mass is 32.1. The van der Waals surface area contributed by atoms with E-state index in [0.717, 1.165) is 28.7 Å². The number of nitrogens with one attached hydrogen (secondary N) is 2. The van der Waals surface area contributed by atoms with Gasteiger partial charge in [-0.05, 0) is 19.1 Å². The highest BCUT2D eigenvalue weighted by Crippen LogP contribution is 2.24. The number of aryl methyl sites for hydroxylation is 1. The molecule has 0 bridgehead atoms. The minimum Gasteiger partial charge on any atom is -0.497 e. The Hall–Kier alpha value is -2.28. The number of aliphatic imine (C=N–C) groups is 1. The molecule has 2 aromatic rings. The van der Waals surface area contributed by atoms with Crippen LogP contribution in [0.4, 0.5) is 0 Å². The van der Waals surface area contributed by atoms with Crippen LogP contribution < -0.4 is 20.1 Å². The van der Waals surface area contributed by atoms with Gasteiger partial charge in [-0.25, -0.2) is 4.98 Å². The fourth-order valence-corrected chi connectivity index (χ4v) is 2.77. The molecule has 1 aromatic heterocycles. The van der Waals surface area contributed by atoms with Crippen molar-refractivity contribution in [2.75, 3.05) is 21.3 Å². The molecule has 1 aromatic carbocycles. The smallest absolute Gasteiger partial charge is 0.191 e. The SMILES string of the molecule is CN=C(NCc1ccc(OC)cc1OC)NCc1scnc1C. The molecule has 0 amide bonds. The molecular weight excluding hydrogens is 312 g/mol. The van der Waals surface area contributed by atoms with E-state index in [-0.39, 0.29) is 0 Å². The summed E-state index contributed by atoms with van der Waals surface area (Å²) in [5.74, 6) is 2.29. The highest BCUT2D eigenvalue weighted by Gasteiger charge is 2.07. The Kier molecular flexibility index (Phi) is 6.22. The molecule has 0 fully saturated rings. The monoisotopic (exact) mass is 334 g/mol. The van der Waals surface area contributed by atoms with E-state index < -0.39 is 0 Å². The van der Waals surface area contributed by atoms with Gasteiger partial charge in [0.25, 0.3) is 0 Å². The standard InChI is InChI=1S/C16H22N4O2S/c1-11-15(23-10-20-11)9-19-16(17-2)18-8-12-5-6-13(21-3)7-14(12)22-4/h5-7,10H,8-9H2,1-4H3,(H2,17,18,19). The molecular formula is C16H22N4O2S. The maximum Gasteiger partial charge on any atom is 0.191 e. The van der Waals surface area contributed by atoms with Crippen LogP contribution in [0.25, 0.3) is 0 Å². The first-order valence-corrected chi connectivity index (χ1v) is 8.10. The van der Waals surface area contributed by atoms with Gasteiger partial charge in [-0.1, -0.05) is 0 Å². The van der Waals surface area contributed by atoms with E-state index in [4.69, 9.17) is 9.47 Å².